The van der Waals surface area contributed by atoms with Crippen molar-refractivity contribution in [1.82, 2.24) is 0 Å². The molecule has 1 aliphatic heterocycles. The van der Waals surface area contributed by atoms with E-state index in [0.717, 1.165) is 39.2 Å². The van der Waals surface area contributed by atoms with Crippen molar-refractivity contribution >= 4 is 57.6 Å². The van der Waals surface area contributed by atoms with E-state index in [9.17, 15) is 9.59 Å². The topological polar surface area (TPSA) is 67.9 Å². The largest absolute Gasteiger partial charge is 0.493 e. The zero-order valence-corrected chi connectivity index (χ0v) is 23.0. The smallest absolute Gasteiger partial charge is 0.270 e. The summed E-state index contributed by atoms with van der Waals surface area (Å²) in [6, 6.07) is 17.1. The Morgan fingerprint density at radius 2 is 1.70 bits per heavy atom. The fourth-order valence-corrected chi connectivity index (χ4v) is 5.45. The molecule has 0 atom stereocenters. The van der Waals surface area contributed by atoms with Crippen molar-refractivity contribution in [3.63, 3.8) is 0 Å². The summed E-state index contributed by atoms with van der Waals surface area (Å²) < 4.78 is 11.7. The van der Waals surface area contributed by atoms with Crippen molar-refractivity contribution in [1.29, 1.82) is 0 Å². The SMILES string of the molecule is COc1cc(/C=C2\SC(=S)N(c3ccc(C)cc3C)C2=O)ccc1OCC(=O)Nc1cc(C)cc(C)c1. The fraction of sp³-hybridized carbons (Fsp3) is 0.207. The summed E-state index contributed by atoms with van der Waals surface area (Å²) in [7, 11) is 1.53. The number of methoxy groups -OCH3 is 1. The summed E-state index contributed by atoms with van der Waals surface area (Å²) >= 11 is 6.78. The third-order valence-electron chi connectivity index (χ3n) is 5.74. The quantitative estimate of drug-likeness (QED) is 0.282. The number of hydrogen-bond acceptors (Lipinski definition) is 6. The maximum atomic E-state index is 13.2. The first kappa shape index (κ1) is 26.4. The van der Waals surface area contributed by atoms with E-state index in [4.69, 9.17) is 21.7 Å². The number of rotatable bonds is 7. The van der Waals surface area contributed by atoms with Crippen LogP contribution in [0.25, 0.3) is 6.08 Å². The van der Waals surface area contributed by atoms with E-state index in [1.165, 1.54) is 18.9 Å². The number of carbonyl (C=O) groups is 2. The number of nitrogens with zero attached hydrogens (tertiary/aromatic N) is 1. The lowest BCUT2D eigenvalue weighted by Gasteiger charge is -2.17. The molecular weight excluding hydrogens is 504 g/mol. The van der Waals surface area contributed by atoms with E-state index < -0.39 is 0 Å². The molecule has 1 fully saturated rings. The van der Waals surface area contributed by atoms with Crippen LogP contribution in [0.5, 0.6) is 11.5 Å². The van der Waals surface area contributed by atoms with Gasteiger partial charge in [-0.3, -0.25) is 14.5 Å². The number of nitrogens with one attached hydrogen (secondary N) is 1. The molecule has 1 N–H and O–H groups in total. The van der Waals surface area contributed by atoms with Crippen LogP contribution in [-0.2, 0) is 9.59 Å². The summed E-state index contributed by atoms with van der Waals surface area (Å²) in [5.41, 5.74) is 6.52. The average molecular weight is 533 g/mol. The molecule has 1 heterocycles. The van der Waals surface area contributed by atoms with Gasteiger partial charge in [-0.15, -0.1) is 0 Å². The molecular formula is C29H28N2O4S2. The number of amides is 2. The van der Waals surface area contributed by atoms with Gasteiger partial charge in [0, 0.05) is 5.69 Å². The van der Waals surface area contributed by atoms with Gasteiger partial charge in [-0.1, -0.05) is 53.8 Å². The second-order valence-corrected chi connectivity index (χ2v) is 10.6. The predicted octanol–water partition coefficient (Wildman–Crippen LogP) is 6.35. The molecule has 4 rings (SSSR count). The number of ether oxygens (including phenoxy) is 2. The molecule has 1 saturated heterocycles. The highest BCUT2D eigenvalue weighted by Gasteiger charge is 2.34. The second-order valence-electron chi connectivity index (χ2n) is 8.93. The lowest BCUT2D eigenvalue weighted by molar-refractivity contribution is -0.118. The van der Waals surface area contributed by atoms with Crippen LogP contribution >= 0.6 is 24.0 Å². The monoisotopic (exact) mass is 532 g/mol. The zero-order chi connectivity index (χ0) is 26.7. The Morgan fingerprint density at radius 3 is 2.38 bits per heavy atom. The van der Waals surface area contributed by atoms with Gasteiger partial charge in [0.15, 0.2) is 22.4 Å². The third kappa shape index (κ3) is 6.21. The van der Waals surface area contributed by atoms with Crippen LogP contribution in [0.2, 0.25) is 0 Å². The van der Waals surface area contributed by atoms with Gasteiger partial charge in [0.05, 0.1) is 17.7 Å². The Labute approximate surface area is 226 Å². The minimum Gasteiger partial charge on any atom is -0.493 e. The molecule has 2 amide bonds. The van der Waals surface area contributed by atoms with E-state index in [0.29, 0.717) is 20.7 Å². The third-order valence-corrected chi connectivity index (χ3v) is 7.04. The Balaban J connectivity index is 1.46. The van der Waals surface area contributed by atoms with Gasteiger partial charge in [-0.25, -0.2) is 0 Å². The lowest BCUT2D eigenvalue weighted by atomic mass is 10.1. The number of thiocarbonyl (C=S) groups is 1. The van der Waals surface area contributed by atoms with Crippen LogP contribution in [0.3, 0.4) is 0 Å². The van der Waals surface area contributed by atoms with Gasteiger partial charge in [0.1, 0.15) is 0 Å². The zero-order valence-electron chi connectivity index (χ0n) is 21.4. The van der Waals surface area contributed by atoms with E-state index in [-0.39, 0.29) is 18.4 Å². The van der Waals surface area contributed by atoms with Gasteiger partial charge in [-0.2, -0.15) is 0 Å². The number of anilines is 2. The molecule has 0 aromatic heterocycles. The summed E-state index contributed by atoms with van der Waals surface area (Å²) in [5.74, 6) is 0.450. The van der Waals surface area contributed by atoms with Crippen LogP contribution in [0, 0.1) is 27.7 Å². The summed E-state index contributed by atoms with van der Waals surface area (Å²) in [5, 5.41) is 2.85. The first-order valence-electron chi connectivity index (χ1n) is 11.7. The molecule has 190 valence electrons. The molecule has 3 aromatic carbocycles. The van der Waals surface area contributed by atoms with Crippen LogP contribution in [-0.4, -0.2) is 29.9 Å². The van der Waals surface area contributed by atoms with E-state index >= 15 is 0 Å². The molecule has 0 aliphatic carbocycles. The van der Waals surface area contributed by atoms with Crippen LogP contribution in [0.4, 0.5) is 11.4 Å². The summed E-state index contributed by atoms with van der Waals surface area (Å²) in [6.07, 6.45) is 1.78. The second kappa shape index (κ2) is 11.2. The van der Waals surface area contributed by atoms with Crippen molar-refractivity contribution in [3.8, 4) is 11.5 Å². The van der Waals surface area contributed by atoms with Gasteiger partial charge >= 0.3 is 0 Å². The molecule has 0 radical (unpaired) electrons. The van der Waals surface area contributed by atoms with E-state index in [1.54, 1.807) is 23.1 Å². The Hall–Kier alpha value is -3.62. The van der Waals surface area contributed by atoms with Crippen molar-refractivity contribution in [2.24, 2.45) is 0 Å². The lowest BCUT2D eigenvalue weighted by Crippen LogP contribution is -2.28. The molecule has 8 heteroatoms. The maximum absolute atomic E-state index is 13.2. The normalized spacial score (nSPS) is 14.3. The molecule has 37 heavy (non-hydrogen) atoms. The highest BCUT2D eigenvalue weighted by Crippen LogP contribution is 2.38. The van der Waals surface area contributed by atoms with Crippen molar-refractivity contribution in [2.45, 2.75) is 27.7 Å². The molecule has 0 unspecified atom stereocenters. The van der Waals surface area contributed by atoms with Crippen LogP contribution in [0.15, 0.2) is 59.5 Å². The fourth-order valence-electron chi connectivity index (χ4n) is 4.16. The molecule has 0 saturated carbocycles. The average Bonchev–Trinajstić information content (AvgIpc) is 3.10. The van der Waals surface area contributed by atoms with Gasteiger partial charge in [0.25, 0.3) is 11.8 Å². The number of thioether (sulfide) groups is 1. The molecule has 0 spiro atoms. The maximum Gasteiger partial charge on any atom is 0.270 e. The highest BCUT2D eigenvalue weighted by atomic mass is 32.2. The first-order chi connectivity index (χ1) is 17.6. The van der Waals surface area contributed by atoms with Crippen molar-refractivity contribution < 1.29 is 19.1 Å². The number of aryl methyl sites for hydroxylation is 4. The molecule has 3 aromatic rings. The predicted molar refractivity (Wildman–Crippen MR) is 155 cm³/mol. The van der Waals surface area contributed by atoms with E-state index in [2.05, 4.69) is 5.32 Å². The van der Waals surface area contributed by atoms with E-state index in [1.807, 2.05) is 70.2 Å². The van der Waals surface area contributed by atoms with Gasteiger partial charge < -0.3 is 14.8 Å². The number of carbonyl (C=O) groups excluding carboxylic acids is 2. The minimum absolute atomic E-state index is 0.163. The number of hydrogen-bond donors (Lipinski definition) is 1. The van der Waals surface area contributed by atoms with Crippen LogP contribution < -0.4 is 19.7 Å². The Bertz CT molecular complexity index is 1410. The Kier molecular flexibility index (Phi) is 8.00. The standard InChI is InChI=1S/C29H28N2O4S2/c1-17-6-8-23(20(4)11-17)31-28(33)26(37-29(31)36)15-21-7-9-24(25(14-21)34-5)35-16-27(32)30-22-12-18(2)10-19(3)13-22/h6-15H,16H2,1-5H3,(H,30,32)/b26-15-. The first-order valence-corrected chi connectivity index (χ1v) is 12.9. The molecule has 0 bridgehead atoms. The minimum atomic E-state index is -0.272. The summed E-state index contributed by atoms with van der Waals surface area (Å²) in [4.78, 5) is 27.7. The summed E-state index contributed by atoms with van der Waals surface area (Å²) in [6.45, 7) is 7.77. The molecule has 1 aliphatic rings. The molecule has 6 nitrogen and oxygen atoms in total. The van der Waals surface area contributed by atoms with Crippen LogP contribution in [0.1, 0.15) is 27.8 Å². The Morgan fingerprint density at radius 1 is 0.973 bits per heavy atom. The van der Waals surface area contributed by atoms with Crippen molar-refractivity contribution in [2.75, 3.05) is 23.9 Å². The highest BCUT2D eigenvalue weighted by molar-refractivity contribution is 8.27. The number of benzene rings is 3. The van der Waals surface area contributed by atoms with Gasteiger partial charge in [0.2, 0.25) is 0 Å². The van der Waals surface area contributed by atoms with Crippen molar-refractivity contribution in [3.05, 3.63) is 87.3 Å². The van der Waals surface area contributed by atoms with Gasteiger partial charge in [-0.05, 0) is 86.4 Å².